The van der Waals surface area contributed by atoms with Crippen molar-refractivity contribution in [3.8, 4) is 0 Å². The predicted octanol–water partition coefficient (Wildman–Crippen LogP) is 4.37. The average molecular weight is 369 g/mol. The van der Waals surface area contributed by atoms with E-state index in [-0.39, 0.29) is 35.6 Å². The summed E-state index contributed by atoms with van der Waals surface area (Å²) in [6.07, 6.45) is 5.33. The van der Waals surface area contributed by atoms with Crippen molar-refractivity contribution >= 4 is 18.3 Å². The molecule has 2 aliphatic rings. The SMILES string of the molecule is CC(C)(C)C(NC(=O)CC1CC2CCC(C1)N2)c1ccc(F)cc1.Cl. The van der Waals surface area contributed by atoms with E-state index in [4.69, 9.17) is 0 Å². The zero-order valence-electron chi connectivity index (χ0n) is 15.3. The van der Waals surface area contributed by atoms with E-state index in [1.165, 1.54) is 25.0 Å². The highest BCUT2D eigenvalue weighted by molar-refractivity contribution is 5.85. The molecule has 1 amide bonds. The van der Waals surface area contributed by atoms with Crippen molar-refractivity contribution in [2.45, 2.75) is 71.0 Å². The second-order valence-electron chi connectivity index (χ2n) is 8.60. The molecule has 2 aliphatic heterocycles. The zero-order chi connectivity index (χ0) is 17.3. The smallest absolute Gasteiger partial charge is 0.220 e. The molecule has 3 nitrogen and oxygen atoms in total. The van der Waals surface area contributed by atoms with Crippen molar-refractivity contribution in [3.63, 3.8) is 0 Å². The third kappa shape index (κ3) is 5.18. The summed E-state index contributed by atoms with van der Waals surface area (Å²) < 4.78 is 13.2. The van der Waals surface area contributed by atoms with E-state index in [1.54, 1.807) is 12.1 Å². The fourth-order valence-electron chi connectivity index (χ4n) is 4.28. The molecule has 0 aliphatic carbocycles. The molecule has 25 heavy (non-hydrogen) atoms. The van der Waals surface area contributed by atoms with Gasteiger partial charge >= 0.3 is 0 Å². The summed E-state index contributed by atoms with van der Waals surface area (Å²) >= 11 is 0. The van der Waals surface area contributed by atoms with E-state index in [0.29, 0.717) is 24.4 Å². The van der Waals surface area contributed by atoms with Gasteiger partial charge in [0.05, 0.1) is 6.04 Å². The van der Waals surface area contributed by atoms with Gasteiger partial charge in [-0.1, -0.05) is 32.9 Å². The molecule has 0 aromatic heterocycles. The first kappa shape index (κ1) is 20.2. The fraction of sp³-hybridized carbons (Fsp3) is 0.650. The number of hydrogen-bond acceptors (Lipinski definition) is 2. The topological polar surface area (TPSA) is 41.1 Å². The summed E-state index contributed by atoms with van der Waals surface area (Å²) in [5.74, 6) is 0.353. The van der Waals surface area contributed by atoms with Gasteiger partial charge in [0.25, 0.3) is 0 Å². The molecule has 5 heteroatoms. The first-order chi connectivity index (χ1) is 11.3. The molecule has 3 unspecified atom stereocenters. The summed E-state index contributed by atoms with van der Waals surface area (Å²) in [6.45, 7) is 6.31. The van der Waals surface area contributed by atoms with Crippen LogP contribution in [0.1, 0.15) is 64.5 Å². The van der Waals surface area contributed by atoms with Gasteiger partial charge in [0.15, 0.2) is 0 Å². The molecule has 3 rings (SSSR count). The summed E-state index contributed by atoms with van der Waals surface area (Å²) in [5.41, 5.74) is 0.836. The quantitative estimate of drug-likeness (QED) is 0.828. The van der Waals surface area contributed by atoms with Gasteiger partial charge in [0, 0.05) is 18.5 Å². The number of halogens is 2. The van der Waals surface area contributed by atoms with Crippen molar-refractivity contribution in [3.05, 3.63) is 35.6 Å². The molecule has 0 saturated carbocycles. The fourth-order valence-corrected chi connectivity index (χ4v) is 4.28. The first-order valence-electron chi connectivity index (χ1n) is 9.12. The van der Waals surface area contributed by atoms with Gasteiger partial charge < -0.3 is 10.6 Å². The number of hydrogen-bond donors (Lipinski definition) is 2. The lowest BCUT2D eigenvalue weighted by Gasteiger charge is -2.33. The normalized spacial score (nSPS) is 26.6. The van der Waals surface area contributed by atoms with Crippen LogP contribution in [-0.4, -0.2) is 18.0 Å². The van der Waals surface area contributed by atoms with Gasteiger partial charge in [-0.25, -0.2) is 4.39 Å². The van der Waals surface area contributed by atoms with E-state index in [2.05, 4.69) is 31.4 Å². The van der Waals surface area contributed by atoms with Gasteiger partial charge in [-0.2, -0.15) is 0 Å². The van der Waals surface area contributed by atoms with Crippen LogP contribution in [0.15, 0.2) is 24.3 Å². The van der Waals surface area contributed by atoms with Crippen molar-refractivity contribution in [2.24, 2.45) is 11.3 Å². The highest BCUT2D eigenvalue weighted by Crippen LogP contribution is 2.35. The Bertz CT molecular complexity index is 572. The molecule has 2 saturated heterocycles. The third-order valence-electron chi connectivity index (χ3n) is 5.42. The number of amides is 1. The van der Waals surface area contributed by atoms with Crippen LogP contribution in [-0.2, 0) is 4.79 Å². The van der Waals surface area contributed by atoms with E-state index in [9.17, 15) is 9.18 Å². The minimum Gasteiger partial charge on any atom is -0.349 e. The number of nitrogens with one attached hydrogen (secondary N) is 2. The highest BCUT2D eigenvalue weighted by Gasteiger charge is 2.35. The summed E-state index contributed by atoms with van der Waals surface area (Å²) in [7, 11) is 0. The van der Waals surface area contributed by atoms with Crippen LogP contribution in [0.5, 0.6) is 0 Å². The Morgan fingerprint density at radius 2 is 1.76 bits per heavy atom. The summed E-state index contributed by atoms with van der Waals surface area (Å²) in [6, 6.07) is 7.58. The Morgan fingerprint density at radius 3 is 2.28 bits per heavy atom. The number of piperidine rings is 1. The minimum atomic E-state index is -0.247. The largest absolute Gasteiger partial charge is 0.349 e. The molecule has 0 spiro atoms. The zero-order valence-corrected chi connectivity index (χ0v) is 16.2. The molecule has 2 fully saturated rings. The Balaban J connectivity index is 0.00000225. The molecular weight excluding hydrogens is 339 g/mol. The van der Waals surface area contributed by atoms with Crippen LogP contribution in [0, 0.1) is 17.2 Å². The van der Waals surface area contributed by atoms with Crippen LogP contribution in [0.25, 0.3) is 0 Å². The number of rotatable bonds is 4. The van der Waals surface area contributed by atoms with E-state index in [0.717, 1.165) is 18.4 Å². The molecule has 3 atom stereocenters. The molecule has 1 aromatic carbocycles. The minimum absolute atomic E-state index is 0. The lowest BCUT2D eigenvalue weighted by atomic mass is 9.82. The maximum absolute atomic E-state index is 13.2. The van der Waals surface area contributed by atoms with Crippen LogP contribution < -0.4 is 10.6 Å². The van der Waals surface area contributed by atoms with Gasteiger partial charge in [-0.05, 0) is 54.7 Å². The van der Waals surface area contributed by atoms with E-state index >= 15 is 0 Å². The monoisotopic (exact) mass is 368 g/mol. The molecule has 140 valence electrons. The maximum atomic E-state index is 13.2. The molecule has 1 aromatic rings. The Morgan fingerprint density at radius 1 is 1.20 bits per heavy atom. The molecule has 2 heterocycles. The third-order valence-corrected chi connectivity index (χ3v) is 5.42. The number of benzene rings is 1. The number of carbonyl (C=O) groups is 1. The van der Waals surface area contributed by atoms with Gasteiger partial charge in [0.1, 0.15) is 5.82 Å². The molecule has 0 radical (unpaired) electrons. The van der Waals surface area contributed by atoms with Gasteiger partial charge in [-0.15, -0.1) is 12.4 Å². The van der Waals surface area contributed by atoms with Crippen LogP contribution in [0.2, 0.25) is 0 Å². The molecular formula is C20H30ClFN2O. The van der Waals surface area contributed by atoms with Crippen molar-refractivity contribution < 1.29 is 9.18 Å². The lowest BCUT2D eigenvalue weighted by molar-refractivity contribution is -0.123. The van der Waals surface area contributed by atoms with Crippen LogP contribution >= 0.6 is 12.4 Å². The molecule has 2 N–H and O–H groups in total. The average Bonchev–Trinajstić information content (AvgIpc) is 2.84. The summed E-state index contributed by atoms with van der Waals surface area (Å²) in [5, 5.41) is 6.83. The van der Waals surface area contributed by atoms with E-state index in [1.807, 2.05) is 0 Å². The lowest BCUT2D eigenvalue weighted by Crippen LogP contribution is -2.41. The Hall–Kier alpha value is -1.13. The second-order valence-corrected chi connectivity index (χ2v) is 8.60. The first-order valence-corrected chi connectivity index (χ1v) is 9.12. The van der Waals surface area contributed by atoms with Crippen molar-refractivity contribution in [1.82, 2.24) is 10.6 Å². The van der Waals surface area contributed by atoms with Crippen LogP contribution in [0.4, 0.5) is 4.39 Å². The van der Waals surface area contributed by atoms with Gasteiger partial charge in [-0.3, -0.25) is 4.79 Å². The maximum Gasteiger partial charge on any atom is 0.220 e. The van der Waals surface area contributed by atoms with E-state index < -0.39 is 0 Å². The van der Waals surface area contributed by atoms with Crippen molar-refractivity contribution in [1.29, 1.82) is 0 Å². The number of fused-ring (bicyclic) bond motifs is 2. The van der Waals surface area contributed by atoms with Crippen molar-refractivity contribution in [2.75, 3.05) is 0 Å². The predicted molar refractivity (Wildman–Crippen MR) is 101 cm³/mol. The second kappa shape index (κ2) is 8.05. The highest BCUT2D eigenvalue weighted by atomic mass is 35.5. The Kier molecular flexibility index (Phi) is 6.50. The Labute approximate surface area is 156 Å². The molecule has 2 bridgehead atoms. The standard InChI is InChI=1S/C20H29FN2O.ClH/c1-20(2,3)19(14-4-6-15(21)7-5-14)23-18(24)12-13-10-16-8-9-17(11-13)22-16;/h4-7,13,16-17,19,22H,8-12H2,1-3H3,(H,23,24);1H. The van der Waals surface area contributed by atoms with Crippen LogP contribution in [0.3, 0.4) is 0 Å². The summed E-state index contributed by atoms with van der Waals surface area (Å²) in [4.78, 5) is 12.6. The number of carbonyl (C=O) groups excluding carboxylic acids is 1. The van der Waals surface area contributed by atoms with Gasteiger partial charge in [0.2, 0.25) is 5.91 Å².